The van der Waals surface area contributed by atoms with E-state index in [0.29, 0.717) is 25.5 Å². The molecule has 1 saturated carbocycles. The van der Waals surface area contributed by atoms with Gasteiger partial charge in [-0.3, -0.25) is 14.7 Å². The van der Waals surface area contributed by atoms with Gasteiger partial charge in [-0.15, -0.1) is 10.2 Å². The van der Waals surface area contributed by atoms with Gasteiger partial charge in [-0.05, 0) is 73.7 Å². The molecule has 0 N–H and O–H groups in total. The fourth-order valence-electron chi connectivity index (χ4n) is 7.74. The molecule has 4 heterocycles. The van der Waals surface area contributed by atoms with Gasteiger partial charge in [0.1, 0.15) is 23.4 Å². The highest BCUT2D eigenvalue weighted by molar-refractivity contribution is 6.28. The van der Waals surface area contributed by atoms with Crippen LogP contribution in [0.25, 0.3) is 0 Å². The Hall–Kier alpha value is -5.13. The van der Waals surface area contributed by atoms with Crippen molar-refractivity contribution in [2.24, 2.45) is 5.41 Å². The molecule has 12 heteroatoms. The van der Waals surface area contributed by atoms with Crippen molar-refractivity contribution in [3.05, 3.63) is 130 Å². The molecule has 2 fully saturated rings. The number of hydrogen-bond donors (Lipinski definition) is 0. The van der Waals surface area contributed by atoms with Crippen molar-refractivity contribution in [1.82, 2.24) is 30.0 Å². The van der Waals surface area contributed by atoms with E-state index >= 15 is 0 Å². The van der Waals surface area contributed by atoms with E-state index in [2.05, 4.69) is 54.2 Å². The van der Waals surface area contributed by atoms with Crippen LogP contribution >= 0.6 is 11.6 Å². The summed E-state index contributed by atoms with van der Waals surface area (Å²) >= 11 is 6.24. The minimum Gasteiger partial charge on any atom is -0.490 e. The second-order valence-electron chi connectivity index (χ2n) is 14.6. The summed E-state index contributed by atoms with van der Waals surface area (Å²) in [5.74, 6) is 0.695. The van der Waals surface area contributed by atoms with Gasteiger partial charge in [0.15, 0.2) is 5.82 Å². The maximum atomic E-state index is 14.6. The Labute approximate surface area is 313 Å². The molecule has 2 aliphatic heterocycles. The molecular formula is C41H41ClFN7O3. The Balaban J connectivity index is 0.932. The van der Waals surface area contributed by atoms with Gasteiger partial charge in [0.2, 0.25) is 5.28 Å². The average Bonchev–Trinajstić information content (AvgIpc) is 3.13. The van der Waals surface area contributed by atoms with Crippen molar-refractivity contribution in [3.8, 4) is 17.4 Å². The lowest BCUT2D eigenvalue weighted by Crippen LogP contribution is -2.65. The normalized spacial score (nSPS) is 16.5. The van der Waals surface area contributed by atoms with E-state index in [0.717, 1.165) is 55.9 Å². The number of carbonyl (C=O) groups is 1. The Kier molecular flexibility index (Phi) is 9.70. The first kappa shape index (κ1) is 34.9. The van der Waals surface area contributed by atoms with Crippen LogP contribution in [0.1, 0.15) is 59.4 Å². The molecule has 2 aromatic heterocycles. The SMILES string of the molecule is CC(C)N(Cc1ccccc1)C(=O)c1cc(F)ccc1Oc1nnc(Cl)nc1N1CC2(CC(Oc3ccnc4c3CN(Cc3ccccc3)CC4)C2)C1. The van der Waals surface area contributed by atoms with Gasteiger partial charge in [-0.1, -0.05) is 60.7 Å². The zero-order valence-corrected chi connectivity index (χ0v) is 30.5. The number of amides is 1. The third kappa shape index (κ3) is 7.54. The number of carbonyl (C=O) groups excluding carboxylic acids is 1. The van der Waals surface area contributed by atoms with E-state index in [1.165, 1.54) is 29.3 Å². The number of aromatic nitrogens is 4. The third-order valence-electron chi connectivity index (χ3n) is 10.4. The number of rotatable bonds is 11. The number of benzene rings is 3. The largest absolute Gasteiger partial charge is 0.490 e. The monoisotopic (exact) mass is 733 g/mol. The lowest BCUT2D eigenvalue weighted by molar-refractivity contribution is -0.0353. The zero-order valence-electron chi connectivity index (χ0n) is 29.8. The van der Waals surface area contributed by atoms with Crippen LogP contribution in [-0.2, 0) is 26.1 Å². The molecule has 272 valence electrons. The van der Waals surface area contributed by atoms with Crippen LogP contribution in [-0.4, -0.2) is 67.7 Å². The maximum absolute atomic E-state index is 14.6. The highest BCUT2D eigenvalue weighted by atomic mass is 35.5. The number of hydrogen-bond acceptors (Lipinski definition) is 9. The van der Waals surface area contributed by atoms with E-state index in [1.54, 1.807) is 4.90 Å². The van der Waals surface area contributed by atoms with E-state index in [1.807, 2.05) is 62.5 Å². The topological polar surface area (TPSA) is 96.8 Å². The quantitative estimate of drug-likeness (QED) is 0.137. The maximum Gasteiger partial charge on any atom is 0.282 e. The van der Waals surface area contributed by atoms with Gasteiger partial charge in [-0.2, -0.15) is 4.98 Å². The molecule has 1 aliphatic carbocycles. The predicted molar refractivity (Wildman–Crippen MR) is 200 cm³/mol. The molecule has 5 aromatic rings. The molecule has 0 bridgehead atoms. The van der Waals surface area contributed by atoms with Crippen molar-refractivity contribution in [2.45, 2.75) is 64.9 Å². The number of halogens is 2. The Morgan fingerprint density at radius 2 is 1.72 bits per heavy atom. The highest BCUT2D eigenvalue weighted by Gasteiger charge is 2.54. The summed E-state index contributed by atoms with van der Waals surface area (Å²) in [6.45, 7) is 8.32. The van der Waals surface area contributed by atoms with Gasteiger partial charge < -0.3 is 19.3 Å². The van der Waals surface area contributed by atoms with Crippen LogP contribution in [0.5, 0.6) is 17.4 Å². The Morgan fingerprint density at radius 1 is 0.981 bits per heavy atom. The predicted octanol–water partition coefficient (Wildman–Crippen LogP) is 7.51. The first-order valence-corrected chi connectivity index (χ1v) is 18.5. The first-order valence-electron chi connectivity index (χ1n) is 18.1. The second kappa shape index (κ2) is 14.7. The molecule has 3 aliphatic rings. The molecule has 0 atom stereocenters. The van der Waals surface area contributed by atoms with Crippen molar-refractivity contribution >= 4 is 23.3 Å². The summed E-state index contributed by atoms with van der Waals surface area (Å²) < 4.78 is 27.5. The lowest BCUT2D eigenvalue weighted by Gasteiger charge is -2.58. The number of pyridine rings is 1. The lowest BCUT2D eigenvalue weighted by atomic mass is 9.61. The highest BCUT2D eigenvalue weighted by Crippen LogP contribution is 2.52. The molecule has 10 nitrogen and oxygen atoms in total. The molecule has 0 unspecified atom stereocenters. The van der Waals surface area contributed by atoms with Crippen LogP contribution < -0.4 is 14.4 Å². The molecular weight excluding hydrogens is 693 g/mol. The van der Waals surface area contributed by atoms with Gasteiger partial charge in [0.25, 0.3) is 11.8 Å². The summed E-state index contributed by atoms with van der Waals surface area (Å²) in [7, 11) is 0. The summed E-state index contributed by atoms with van der Waals surface area (Å²) in [5.41, 5.74) is 4.72. The van der Waals surface area contributed by atoms with Crippen molar-refractivity contribution < 1.29 is 18.7 Å². The number of anilines is 1. The molecule has 53 heavy (non-hydrogen) atoms. The smallest absolute Gasteiger partial charge is 0.282 e. The molecule has 3 aromatic carbocycles. The van der Waals surface area contributed by atoms with E-state index in [4.69, 9.17) is 21.1 Å². The van der Waals surface area contributed by atoms with Crippen LogP contribution in [0.2, 0.25) is 5.28 Å². The van der Waals surface area contributed by atoms with Crippen molar-refractivity contribution in [3.63, 3.8) is 0 Å². The van der Waals surface area contributed by atoms with Gasteiger partial charge in [-0.25, -0.2) is 4.39 Å². The van der Waals surface area contributed by atoms with E-state index in [-0.39, 0.29) is 45.9 Å². The van der Waals surface area contributed by atoms with Crippen LogP contribution in [0.4, 0.5) is 10.2 Å². The Morgan fingerprint density at radius 3 is 2.45 bits per heavy atom. The number of ether oxygens (including phenoxy) is 2. The zero-order chi connectivity index (χ0) is 36.5. The van der Waals surface area contributed by atoms with Gasteiger partial charge >= 0.3 is 0 Å². The standard InChI is InChI=1S/C41H41ClFN7O3/c1-27(2)50(23-29-11-7-4-8-12-29)39(51)32-19-30(43)13-14-35(32)53-38-37(45-40(42)47-46-38)49-25-41(26-49)20-31(21-41)52-36-15-17-44-34-16-18-48(24-33(34)36)22-28-9-5-3-6-10-28/h3-15,17,19,27,31H,16,18,20-26H2,1-2H3. The summed E-state index contributed by atoms with van der Waals surface area (Å²) in [6.07, 6.45) is 4.67. The molecule has 1 spiro atoms. The summed E-state index contributed by atoms with van der Waals surface area (Å²) in [4.78, 5) is 29.3. The number of nitrogens with zero attached hydrogens (tertiary/aromatic N) is 7. The Bertz CT molecular complexity index is 2090. The average molecular weight is 734 g/mol. The molecule has 1 saturated heterocycles. The van der Waals surface area contributed by atoms with Crippen LogP contribution in [0.15, 0.2) is 91.1 Å². The minimum atomic E-state index is -0.548. The van der Waals surface area contributed by atoms with Crippen LogP contribution in [0.3, 0.4) is 0 Å². The summed E-state index contributed by atoms with van der Waals surface area (Å²) in [5, 5.41) is 8.14. The first-order chi connectivity index (χ1) is 25.7. The van der Waals surface area contributed by atoms with E-state index < -0.39 is 5.82 Å². The minimum absolute atomic E-state index is 0.0175. The van der Waals surface area contributed by atoms with Crippen LogP contribution in [0, 0.1) is 11.2 Å². The number of fused-ring (bicyclic) bond motifs is 1. The fourth-order valence-corrected chi connectivity index (χ4v) is 7.86. The van der Waals surface area contributed by atoms with Gasteiger partial charge in [0, 0.05) is 74.6 Å². The molecule has 8 rings (SSSR count). The molecule has 1 amide bonds. The molecule has 0 radical (unpaired) electrons. The van der Waals surface area contributed by atoms with Crippen molar-refractivity contribution in [2.75, 3.05) is 24.5 Å². The van der Waals surface area contributed by atoms with Crippen molar-refractivity contribution in [1.29, 1.82) is 0 Å². The second-order valence-corrected chi connectivity index (χ2v) is 15.0. The fraction of sp³-hybridized carbons (Fsp3) is 0.341. The third-order valence-corrected chi connectivity index (χ3v) is 10.6. The van der Waals surface area contributed by atoms with E-state index in [9.17, 15) is 9.18 Å². The van der Waals surface area contributed by atoms with Gasteiger partial charge in [0.05, 0.1) is 5.56 Å². The summed E-state index contributed by atoms with van der Waals surface area (Å²) in [6, 6.07) is 26.0.